The average Bonchev–Trinajstić information content (AvgIpc) is 2.15. The predicted molar refractivity (Wildman–Crippen MR) is 60.2 cm³/mol. The molecule has 74 valence electrons. The number of hydrogen-bond acceptors (Lipinski definition) is 3. The van der Waals surface area contributed by atoms with Crippen molar-refractivity contribution in [2.24, 2.45) is 10.8 Å². The van der Waals surface area contributed by atoms with Crippen LogP contribution in [0.3, 0.4) is 0 Å². The van der Waals surface area contributed by atoms with Gasteiger partial charge in [-0.2, -0.15) is 5.10 Å². The summed E-state index contributed by atoms with van der Waals surface area (Å²) in [7, 11) is 0. The Kier molecular flexibility index (Phi) is 3.41. The lowest BCUT2D eigenvalue weighted by Gasteiger charge is -2.03. The molecular formula is C9H11N3OS. The molecule has 14 heavy (non-hydrogen) atoms. The summed E-state index contributed by atoms with van der Waals surface area (Å²) in [6.45, 7) is 1.75. The van der Waals surface area contributed by atoms with Gasteiger partial charge in [0.1, 0.15) is 5.75 Å². The van der Waals surface area contributed by atoms with Gasteiger partial charge in [-0.3, -0.25) is 5.43 Å². The molecule has 1 rings (SSSR count). The van der Waals surface area contributed by atoms with Crippen molar-refractivity contribution in [3.05, 3.63) is 29.8 Å². The lowest BCUT2D eigenvalue weighted by atomic mass is 10.1. The summed E-state index contributed by atoms with van der Waals surface area (Å²) < 4.78 is 0. The van der Waals surface area contributed by atoms with E-state index in [4.69, 9.17) is 5.73 Å². The Labute approximate surface area is 87.4 Å². The first-order valence-corrected chi connectivity index (χ1v) is 4.40. The molecule has 1 aromatic rings. The molecule has 0 aliphatic rings. The van der Waals surface area contributed by atoms with Gasteiger partial charge in [-0.15, -0.1) is 0 Å². The van der Waals surface area contributed by atoms with E-state index in [0.717, 1.165) is 0 Å². The molecule has 0 radical (unpaired) electrons. The minimum atomic E-state index is 0.0970. The first kappa shape index (κ1) is 10.5. The zero-order valence-corrected chi connectivity index (χ0v) is 8.51. The molecule has 0 saturated carbocycles. The van der Waals surface area contributed by atoms with E-state index in [0.29, 0.717) is 11.3 Å². The molecule has 0 saturated heterocycles. The summed E-state index contributed by atoms with van der Waals surface area (Å²) in [6.07, 6.45) is 0. The third-order valence-electron chi connectivity index (χ3n) is 1.63. The van der Waals surface area contributed by atoms with Crippen LogP contribution < -0.4 is 11.2 Å². The Morgan fingerprint density at radius 2 is 2.14 bits per heavy atom. The number of aromatic hydroxyl groups is 1. The third kappa shape index (κ3) is 2.70. The van der Waals surface area contributed by atoms with Crippen molar-refractivity contribution in [3.8, 4) is 5.75 Å². The molecule has 0 unspecified atom stereocenters. The van der Waals surface area contributed by atoms with Gasteiger partial charge in [0.25, 0.3) is 0 Å². The highest BCUT2D eigenvalue weighted by Crippen LogP contribution is 2.15. The Morgan fingerprint density at radius 1 is 1.50 bits per heavy atom. The standard InChI is InChI=1S/C9H11N3OS/c1-6(11-12-9(10)14)7-4-2-3-5-8(7)13/h2-5,13H,1H3,(H3,10,12,14)/b11-6-. The number of thiocarbonyl (C=S) groups is 1. The number of phenols is 1. The first-order valence-electron chi connectivity index (χ1n) is 3.99. The number of hydrogen-bond donors (Lipinski definition) is 3. The van der Waals surface area contributed by atoms with Crippen LogP contribution in [0.1, 0.15) is 12.5 Å². The highest BCUT2D eigenvalue weighted by Gasteiger charge is 2.02. The van der Waals surface area contributed by atoms with Crippen LogP contribution in [0.15, 0.2) is 29.4 Å². The van der Waals surface area contributed by atoms with Crippen LogP contribution in [-0.4, -0.2) is 15.9 Å². The van der Waals surface area contributed by atoms with Crippen molar-refractivity contribution in [1.29, 1.82) is 0 Å². The van der Waals surface area contributed by atoms with Crippen LogP contribution >= 0.6 is 12.2 Å². The van der Waals surface area contributed by atoms with E-state index < -0.39 is 0 Å². The maximum Gasteiger partial charge on any atom is 0.184 e. The van der Waals surface area contributed by atoms with E-state index in [9.17, 15) is 5.11 Å². The monoisotopic (exact) mass is 209 g/mol. The van der Waals surface area contributed by atoms with Crippen molar-refractivity contribution < 1.29 is 5.11 Å². The number of para-hydroxylation sites is 1. The van der Waals surface area contributed by atoms with Crippen molar-refractivity contribution in [3.63, 3.8) is 0 Å². The van der Waals surface area contributed by atoms with Gasteiger partial charge < -0.3 is 10.8 Å². The molecule has 0 bridgehead atoms. The summed E-state index contributed by atoms with van der Waals surface area (Å²) in [4.78, 5) is 0. The molecule has 1 aromatic carbocycles. The Balaban J connectivity index is 2.89. The first-order chi connectivity index (χ1) is 6.61. The second kappa shape index (κ2) is 4.57. The summed E-state index contributed by atoms with van der Waals surface area (Å²) in [5.74, 6) is 0.179. The highest BCUT2D eigenvalue weighted by atomic mass is 32.1. The lowest BCUT2D eigenvalue weighted by molar-refractivity contribution is 0.474. The summed E-state index contributed by atoms with van der Waals surface area (Å²) in [6, 6.07) is 6.91. The van der Waals surface area contributed by atoms with Gasteiger partial charge in [-0.25, -0.2) is 0 Å². The van der Waals surface area contributed by atoms with Crippen LogP contribution in [0, 0.1) is 0 Å². The fourth-order valence-corrected chi connectivity index (χ4v) is 1.02. The molecule has 0 fully saturated rings. The topological polar surface area (TPSA) is 70.6 Å². The summed E-state index contributed by atoms with van der Waals surface area (Å²) in [5, 5.41) is 13.5. The molecule has 0 aliphatic heterocycles. The number of nitrogens with zero attached hydrogens (tertiary/aromatic N) is 1. The van der Waals surface area contributed by atoms with E-state index >= 15 is 0 Å². The third-order valence-corrected chi connectivity index (χ3v) is 1.72. The van der Waals surface area contributed by atoms with Crippen LogP contribution in [0.5, 0.6) is 5.75 Å². The second-order valence-corrected chi connectivity index (χ2v) is 3.13. The molecule has 0 heterocycles. The maximum absolute atomic E-state index is 9.47. The smallest absolute Gasteiger partial charge is 0.184 e. The summed E-state index contributed by atoms with van der Waals surface area (Å²) in [5.41, 5.74) is 8.94. The number of phenolic OH excluding ortho intramolecular Hbond substituents is 1. The molecule has 4 nitrogen and oxygen atoms in total. The van der Waals surface area contributed by atoms with E-state index in [-0.39, 0.29) is 10.9 Å². The Hall–Kier alpha value is -1.62. The molecule has 0 amide bonds. The van der Waals surface area contributed by atoms with Gasteiger partial charge in [0.15, 0.2) is 5.11 Å². The maximum atomic E-state index is 9.47. The molecule has 4 N–H and O–H groups in total. The zero-order valence-electron chi connectivity index (χ0n) is 7.69. The quantitative estimate of drug-likeness (QED) is 0.385. The normalized spacial score (nSPS) is 11.1. The SMILES string of the molecule is C/C(=N/NC(N)=S)c1ccccc1O. The van der Waals surface area contributed by atoms with Gasteiger partial charge in [0, 0.05) is 5.56 Å². The van der Waals surface area contributed by atoms with Gasteiger partial charge in [0.2, 0.25) is 0 Å². The van der Waals surface area contributed by atoms with Crippen LogP contribution in [0.4, 0.5) is 0 Å². The van der Waals surface area contributed by atoms with Gasteiger partial charge in [-0.1, -0.05) is 12.1 Å². The largest absolute Gasteiger partial charge is 0.507 e. The number of benzene rings is 1. The predicted octanol–water partition coefficient (Wildman–Crippen LogP) is 0.949. The number of nitrogens with two attached hydrogens (primary N) is 1. The van der Waals surface area contributed by atoms with Crippen LogP contribution in [0.25, 0.3) is 0 Å². The molecule has 5 heteroatoms. The van der Waals surface area contributed by atoms with Gasteiger partial charge >= 0.3 is 0 Å². The summed E-state index contributed by atoms with van der Waals surface area (Å²) >= 11 is 4.59. The van der Waals surface area contributed by atoms with E-state index in [1.807, 2.05) is 6.07 Å². The van der Waals surface area contributed by atoms with Gasteiger partial charge in [-0.05, 0) is 31.3 Å². The number of rotatable bonds is 2. The van der Waals surface area contributed by atoms with E-state index in [2.05, 4.69) is 22.7 Å². The van der Waals surface area contributed by atoms with Crippen LogP contribution in [0.2, 0.25) is 0 Å². The van der Waals surface area contributed by atoms with Crippen molar-refractivity contribution >= 4 is 23.0 Å². The van der Waals surface area contributed by atoms with Crippen molar-refractivity contribution in [2.75, 3.05) is 0 Å². The minimum absolute atomic E-state index is 0.0970. The van der Waals surface area contributed by atoms with Crippen molar-refractivity contribution in [2.45, 2.75) is 6.92 Å². The van der Waals surface area contributed by atoms with Crippen LogP contribution in [-0.2, 0) is 0 Å². The Bertz CT molecular complexity index is 376. The highest BCUT2D eigenvalue weighted by molar-refractivity contribution is 7.80. The average molecular weight is 209 g/mol. The fourth-order valence-electron chi connectivity index (χ4n) is 0.979. The van der Waals surface area contributed by atoms with Gasteiger partial charge in [0.05, 0.1) is 5.71 Å². The number of nitrogens with one attached hydrogen (secondary N) is 1. The molecular weight excluding hydrogens is 198 g/mol. The lowest BCUT2D eigenvalue weighted by Crippen LogP contribution is -2.25. The molecule has 0 aliphatic carbocycles. The van der Waals surface area contributed by atoms with E-state index in [1.54, 1.807) is 25.1 Å². The minimum Gasteiger partial charge on any atom is -0.507 e. The fraction of sp³-hybridized carbons (Fsp3) is 0.111. The zero-order chi connectivity index (χ0) is 10.6. The molecule has 0 spiro atoms. The number of hydrazone groups is 1. The van der Waals surface area contributed by atoms with E-state index in [1.165, 1.54) is 0 Å². The Morgan fingerprint density at radius 3 is 2.71 bits per heavy atom. The molecule has 0 aromatic heterocycles. The van der Waals surface area contributed by atoms with Crippen molar-refractivity contribution in [1.82, 2.24) is 5.43 Å². The second-order valence-electron chi connectivity index (χ2n) is 2.69. The molecule has 0 atom stereocenters.